The number of carbonyl (C=O) groups excluding carboxylic acids is 3. The lowest BCUT2D eigenvalue weighted by Gasteiger charge is -2.35. The first kappa shape index (κ1) is 15.3. The van der Waals surface area contributed by atoms with Crippen molar-refractivity contribution in [2.24, 2.45) is 0 Å². The number of hydrogen-bond acceptors (Lipinski definition) is 5. The van der Waals surface area contributed by atoms with Crippen LogP contribution in [-0.2, 0) is 14.4 Å². The fourth-order valence-corrected chi connectivity index (χ4v) is 2.70. The maximum atomic E-state index is 12.5. The molecule has 0 atom stereocenters. The van der Waals surface area contributed by atoms with Crippen LogP contribution in [-0.4, -0.2) is 71.8 Å². The zero-order valence-electron chi connectivity index (χ0n) is 12.9. The molecule has 3 heterocycles. The summed E-state index contributed by atoms with van der Waals surface area (Å²) in [7, 11) is 0. The summed E-state index contributed by atoms with van der Waals surface area (Å²) in [6, 6.07) is 3.44. The van der Waals surface area contributed by atoms with E-state index >= 15 is 0 Å². The Hall–Kier alpha value is -2.64. The number of amides is 3. The molecule has 1 fully saturated rings. The lowest BCUT2D eigenvalue weighted by Crippen LogP contribution is -2.53. The number of piperazine rings is 1. The van der Waals surface area contributed by atoms with Gasteiger partial charge in [0.05, 0.1) is 0 Å². The van der Waals surface area contributed by atoms with Crippen molar-refractivity contribution >= 4 is 23.5 Å². The summed E-state index contributed by atoms with van der Waals surface area (Å²) < 4.78 is 5.31. The predicted octanol–water partition coefficient (Wildman–Crippen LogP) is -0.502. The summed E-state index contributed by atoms with van der Waals surface area (Å²) in [4.78, 5) is 44.7. The molecule has 0 saturated carbocycles. The Morgan fingerprint density at radius 1 is 1.22 bits per heavy atom. The van der Waals surface area contributed by atoms with Crippen molar-refractivity contribution in [2.45, 2.75) is 6.92 Å². The fraction of sp³-hybridized carbons (Fsp3) is 0.467. The van der Waals surface area contributed by atoms with Crippen LogP contribution in [0.25, 0.3) is 0 Å². The number of anilines is 1. The van der Waals surface area contributed by atoms with Crippen LogP contribution in [0.15, 0.2) is 18.3 Å². The highest BCUT2D eigenvalue weighted by molar-refractivity contribution is 6.01. The van der Waals surface area contributed by atoms with Gasteiger partial charge in [-0.3, -0.25) is 19.3 Å². The van der Waals surface area contributed by atoms with Crippen LogP contribution in [0.3, 0.4) is 0 Å². The predicted molar refractivity (Wildman–Crippen MR) is 80.9 cm³/mol. The smallest absolute Gasteiger partial charge is 0.266 e. The molecule has 1 aromatic rings. The number of pyridine rings is 1. The molecule has 1 aromatic heterocycles. The Morgan fingerprint density at radius 3 is 2.61 bits per heavy atom. The fourth-order valence-electron chi connectivity index (χ4n) is 2.70. The molecular weight excluding hydrogens is 300 g/mol. The number of fused-ring (bicyclic) bond motifs is 1. The van der Waals surface area contributed by atoms with Gasteiger partial charge in [-0.25, -0.2) is 4.98 Å². The number of hydrogen-bond donors (Lipinski definition) is 0. The van der Waals surface area contributed by atoms with Gasteiger partial charge in [0.15, 0.2) is 18.2 Å². The molecule has 0 radical (unpaired) electrons. The molecule has 8 heteroatoms. The van der Waals surface area contributed by atoms with E-state index in [0.29, 0.717) is 37.7 Å². The monoisotopic (exact) mass is 318 g/mol. The Morgan fingerprint density at radius 2 is 1.91 bits per heavy atom. The molecule has 0 unspecified atom stereocenters. The molecule has 0 spiro atoms. The van der Waals surface area contributed by atoms with Gasteiger partial charge in [-0.15, -0.1) is 0 Å². The third kappa shape index (κ3) is 3.10. The van der Waals surface area contributed by atoms with Gasteiger partial charge in [0.1, 0.15) is 6.54 Å². The normalized spacial score (nSPS) is 17.6. The van der Waals surface area contributed by atoms with Gasteiger partial charge in [0.2, 0.25) is 11.8 Å². The van der Waals surface area contributed by atoms with Crippen LogP contribution in [0.5, 0.6) is 5.75 Å². The van der Waals surface area contributed by atoms with Crippen molar-refractivity contribution in [3.8, 4) is 5.75 Å². The largest absolute Gasteiger partial charge is 0.480 e. The maximum Gasteiger partial charge on any atom is 0.266 e. The van der Waals surface area contributed by atoms with E-state index in [9.17, 15) is 14.4 Å². The summed E-state index contributed by atoms with van der Waals surface area (Å²) >= 11 is 0. The third-order valence-electron chi connectivity index (χ3n) is 4.03. The number of aromatic nitrogens is 1. The Bertz CT molecular complexity index is 640. The molecule has 0 aliphatic carbocycles. The summed E-state index contributed by atoms with van der Waals surface area (Å²) in [5.41, 5.74) is 0. The van der Waals surface area contributed by atoms with E-state index in [1.165, 1.54) is 11.8 Å². The van der Waals surface area contributed by atoms with E-state index < -0.39 is 0 Å². The van der Waals surface area contributed by atoms with Gasteiger partial charge in [-0.05, 0) is 12.1 Å². The lowest BCUT2D eigenvalue weighted by atomic mass is 10.2. The molecule has 2 aliphatic heterocycles. The van der Waals surface area contributed by atoms with Gasteiger partial charge < -0.3 is 14.5 Å². The van der Waals surface area contributed by atoms with E-state index in [4.69, 9.17) is 4.74 Å². The van der Waals surface area contributed by atoms with Crippen LogP contribution >= 0.6 is 0 Å². The van der Waals surface area contributed by atoms with Crippen molar-refractivity contribution in [3.05, 3.63) is 18.3 Å². The quantitative estimate of drug-likeness (QED) is 0.734. The maximum absolute atomic E-state index is 12.5. The van der Waals surface area contributed by atoms with Crippen molar-refractivity contribution in [2.75, 3.05) is 44.2 Å². The minimum Gasteiger partial charge on any atom is -0.480 e. The molecule has 8 nitrogen and oxygen atoms in total. The number of carbonyl (C=O) groups is 3. The van der Waals surface area contributed by atoms with Crippen LogP contribution in [0.2, 0.25) is 0 Å². The zero-order valence-corrected chi connectivity index (χ0v) is 12.9. The summed E-state index contributed by atoms with van der Waals surface area (Å²) in [6.07, 6.45) is 1.56. The van der Waals surface area contributed by atoms with E-state index in [-0.39, 0.29) is 30.9 Å². The van der Waals surface area contributed by atoms with Crippen molar-refractivity contribution in [1.82, 2.24) is 14.8 Å². The van der Waals surface area contributed by atoms with Crippen molar-refractivity contribution < 1.29 is 19.1 Å². The van der Waals surface area contributed by atoms with E-state index in [2.05, 4.69) is 4.98 Å². The second-order valence-electron chi connectivity index (χ2n) is 5.48. The first-order valence-electron chi connectivity index (χ1n) is 7.47. The molecule has 23 heavy (non-hydrogen) atoms. The SMILES string of the molecule is CC(=O)N1CCN(C(=O)CN2C(=O)COc3cccnc32)CC1. The Balaban J connectivity index is 1.66. The van der Waals surface area contributed by atoms with Crippen LogP contribution in [0.1, 0.15) is 6.92 Å². The number of nitrogens with zero attached hydrogens (tertiary/aromatic N) is 4. The molecule has 0 aromatic carbocycles. The molecule has 1 saturated heterocycles. The van der Waals surface area contributed by atoms with Crippen molar-refractivity contribution in [3.63, 3.8) is 0 Å². The average molecular weight is 318 g/mol. The summed E-state index contributed by atoms with van der Waals surface area (Å²) in [5.74, 6) is 0.450. The lowest BCUT2D eigenvalue weighted by molar-refractivity contribution is -0.138. The highest BCUT2D eigenvalue weighted by atomic mass is 16.5. The molecule has 0 bridgehead atoms. The van der Waals surface area contributed by atoms with E-state index in [1.807, 2.05) is 0 Å². The standard InChI is InChI=1S/C15H18N4O4/c1-11(20)17-5-7-18(8-6-17)13(21)9-19-14(22)10-23-12-3-2-4-16-15(12)19/h2-4H,5-10H2,1H3. The van der Waals surface area contributed by atoms with Gasteiger partial charge in [-0.2, -0.15) is 0 Å². The Kier molecular flexibility index (Phi) is 4.14. The average Bonchev–Trinajstić information content (AvgIpc) is 2.57. The van der Waals surface area contributed by atoms with E-state index in [0.717, 1.165) is 0 Å². The van der Waals surface area contributed by atoms with Gasteiger partial charge in [0.25, 0.3) is 5.91 Å². The van der Waals surface area contributed by atoms with Gasteiger partial charge in [0, 0.05) is 39.3 Å². The minimum absolute atomic E-state index is 0.0126. The second kappa shape index (κ2) is 6.23. The van der Waals surface area contributed by atoms with Crippen LogP contribution in [0, 0.1) is 0 Å². The third-order valence-corrected chi connectivity index (χ3v) is 4.03. The highest BCUT2D eigenvalue weighted by Crippen LogP contribution is 2.28. The molecule has 0 N–H and O–H groups in total. The minimum atomic E-state index is -0.285. The number of ether oxygens (including phenoxy) is 1. The van der Waals surface area contributed by atoms with Crippen LogP contribution in [0.4, 0.5) is 5.82 Å². The van der Waals surface area contributed by atoms with Gasteiger partial charge >= 0.3 is 0 Å². The molecule has 2 aliphatic rings. The first-order valence-corrected chi connectivity index (χ1v) is 7.47. The second-order valence-corrected chi connectivity index (χ2v) is 5.48. The number of rotatable bonds is 2. The zero-order chi connectivity index (χ0) is 16.4. The highest BCUT2D eigenvalue weighted by Gasteiger charge is 2.31. The molecule has 3 rings (SSSR count). The molecule has 3 amide bonds. The van der Waals surface area contributed by atoms with Crippen LogP contribution < -0.4 is 9.64 Å². The first-order chi connectivity index (χ1) is 11.1. The molecular formula is C15H18N4O4. The topological polar surface area (TPSA) is 83.1 Å². The molecule has 122 valence electrons. The van der Waals surface area contributed by atoms with E-state index in [1.54, 1.807) is 28.1 Å². The van der Waals surface area contributed by atoms with Crippen molar-refractivity contribution in [1.29, 1.82) is 0 Å². The summed E-state index contributed by atoms with van der Waals surface area (Å²) in [6.45, 7) is 3.36. The summed E-state index contributed by atoms with van der Waals surface area (Å²) in [5, 5.41) is 0. The van der Waals surface area contributed by atoms with Gasteiger partial charge in [-0.1, -0.05) is 0 Å². The Labute approximate surface area is 133 Å².